The second kappa shape index (κ2) is 4.51. The van der Waals surface area contributed by atoms with Gasteiger partial charge in [0.15, 0.2) is 0 Å². The van der Waals surface area contributed by atoms with Crippen molar-refractivity contribution in [3.05, 3.63) is 17.8 Å². The van der Waals surface area contributed by atoms with Crippen molar-refractivity contribution >= 4 is 11.5 Å². The van der Waals surface area contributed by atoms with Crippen LogP contribution in [-0.4, -0.2) is 11.5 Å². The quantitative estimate of drug-likeness (QED) is 0.797. The Morgan fingerprint density at radius 2 is 2.13 bits per heavy atom. The number of hydrogen-bond donors (Lipinski definition) is 2. The maximum absolute atomic E-state index is 5.72. The van der Waals surface area contributed by atoms with Crippen LogP contribution in [0, 0.1) is 12.8 Å². The van der Waals surface area contributed by atoms with Crippen LogP contribution in [0.25, 0.3) is 0 Å². The van der Waals surface area contributed by atoms with Crippen molar-refractivity contribution in [2.45, 2.75) is 32.6 Å². The zero-order valence-electron chi connectivity index (χ0n) is 9.29. The average molecular weight is 205 g/mol. The first-order valence-corrected chi connectivity index (χ1v) is 5.72. The van der Waals surface area contributed by atoms with Gasteiger partial charge in [0.25, 0.3) is 0 Å². The topological polar surface area (TPSA) is 50.9 Å². The maximum atomic E-state index is 5.72. The number of aryl methyl sites for hydroxylation is 1. The van der Waals surface area contributed by atoms with E-state index in [4.69, 9.17) is 5.73 Å². The van der Waals surface area contributed by atoms with Gasteiger partial charge in [0.2, 0.25) is 0 Å². The molecule has 0 aromatic carbocycles. The fraction of sp³-hybridized carbons (Fsp3) is 0.583. The second-order valence-electron chi connectivity index (χ2n) is 4.40. The highest BCUT2D eigenvalue weighted by atomic mass is 15.0. The number of nitrogens with two attached hydrogens (primary N) is 1. The Bertz CT molecular complexity index is 330. The van der Waals surface area contributed by atoms with Gasteiger partial charge >= 0.3 is 0 Å². The SMILES string of the molecule is Cc1nc(NCC2CCCC2)ccc1N. The van der Waals surface area contributed by atoms with E-state index in [1.54, 1.807) is 0 Å². The van der Waals surface area contributed by atoms with Crippen molar-refractivity contribution < 1.29 is 0 Å². The number of pyridine rings is 1. The predicted molar refractivity (Wildman–Crippen MR) is 63.8 cm³/mol. The Labute approximate surface area is 91.1 Å². The van der Waals surface area contributed by atoms with Crippen molar-refractivity contribution in [2.75, 3.05) is 17.6 Å². The first-order chi connectivity index (χ1) is 7.25. The van der Waals surface area contributed by atoms with E-state index in [1.165, 1.54) is 25.7 Å². The lowest BCUT2D eigenvalue weighted by molar-refractivity contribution is 0.579. The minimum Gasteiger partial charge on any atom is -0.397 e. The second-order valence-corrected chi connectivity index (χ2v) is 4.40. The molecular formula is C12H19N3. The molecule has 1 heterocycles. The molecule has 1 aromatic rings. The molecular weight excluding hydrogens is 186 g/mol. The number of aromatic nitrogens is 1. The van der Waals surface area contributed by atoms with E-state index < -0.39 is 0 Å². The lowest BCUT2D eigenvalue weighted by Gasteiger charge is -2.11. The molecule has 3 heteroatoms. The molecule has 1 fully saturated rings. The van der Waals surface area contributed by atoms with Crippen LogP contribution in [0.3, 0.4) is 0 Å². The number of nitrogens with zero attached hydrogens (tertiary/aromatic N) is 1. The Morgan fingerprint density at radius 3 is 2.80 bits per heavy atom. The standard InChI is InChI=1S/C12H19N3/c1-9-11(13)6-7-12(15-9)14-8-10-4-2-3-5-10/h6-7,10H,2-5,8,13H2,1H3,(H,14,15). The van der Waals surface area contributed by atoms with E-state index in [9.17, 15) is 0 Å². The van der Waals surface area contributed by atoms with E-state index in [1.807, 2.05) is 19.1 Å². The molecule has 2 rings (SSSR count). The number of anilines is 2. The Kier molecular flexibility index (Phi) is 3.09. The third-order valence-electron chi connectivity index (χ3n) is 3.17. The molecule has 0 unspecified atom stereocenters. The molecule has 0 amide bonds. The number of rotatable bonds is 3. The molecule has 1 aliphatic rings. The van der Waals surface area contributed by atoms with Crippen LogP contribution >= 0.6 is 0 Å². The van der Waals surface area contributed by atoms with Crippen molar-refractivity contribution in [2.24, 2.45) is 5.92 Å². The molecule has 1 aliphatic carbocycles. The zero-order valence-corrected chi connectivity index (χ0v) is 9.29. The number of nitrogen functional groups attached to an aromatic ring is 1. The van der Waals surface area contributed by atoms with Gasteiger partial charge in [-0.2, -0.15) is 0 Å². The third-order valence-corrected chi connectivity index (χ3v) is 3.17. The lowest BCUT2D eigenvalue weighted by Crippen LogP contribution is -2.12. The molecule has 1 aromatic heterocycles. The average Bonchev–Trinajstić information content (AvgIpc) is 2.73. The van der Waals surface area contributed by atoms with Gasteiger partial charge in [-0.1, -0.05) is 12.8 Å². The lowest BCUT2D eigenvalue weighted by atomic mass is 10.1. The maximum Gasteiger partial charge on any atom is 0.126 e. The van der Waals surface area contributed by atoms with Gasteiger partial charge in [0.05, 0.1) is 11.4 Å². The highest BCUT2D eigenvalue weighted by Crippen LogP contribution is 2.24. The van der Waals surface area contributed by atoms with E-state index >= 15 is 0 Å². The molecule has 82 valence electrons. The van der Waals surface area contributed by atoms with Crippen molar-refractivity contribution in [1.82, 2.24) is 4.98 Å². The van der Waals surface area contributed by atoms with E-state index in [-0.39, 0.29) is 0 Å². The summed E-state index contributed by atoms with van der Waals surface area (Å²) in [5.74, 6) is 1.79. The highest BCUT2D eigenvalue weighted by molar-refractivity contribution is 5.48. The van der Waals surface area contributed by atoms with Crippen LogP contribution in [0.5, 0.6) is 0 Å². The number of hydrogen-bond acceptors (Lipinski definition) is 3. The summed E-state index contributed by atoms with van der Waals surface area (Å²) in [6, 6.07) is 3.87. The molecule has 15 heavy (non-hydrogen) atoms. The van der Waals surface area contributed by atoms with Crippen LogP contribution < -0.4 is 11.1 Å². The molecule has 0 bridgehead atoms. The van der Waals surface area contributed by atoms with Gasteiger partial charge in [-0.3, -0.25) is 0 Å². The van der Waals surface area contributed by atoms with Crippen LogP contribution in [0.15, 0.2) is 12.1 Å². The fourth-order valence-electron chi connectivity index (χ4n) is 2.13. The van der Waals surface area contributed by atoms with Crippen LogP contribution in [-0.2, 0) is 0 Å². The summed E-state index contributed by atoms with van der Waals surface area (Å²) in [5.41, 5.74) is 7.39. The summed E-state index contributed by atoms with van der Waals surface area (Å²) < 4.78 is 0. The minimum atomic E-state index is 0.765. The predicted octanol–water partition coefficient (Wildman–Crippen LogP) is 2.57. The van der Waals surface area contributed by atoms with Gasteiger partial charge in [0.1, 0.15) is 5.82 Å². The molecule has 0 aliphatic heterocycles. The summed E-state index contributed by atoms with van der Waals surface area (Å²) in [4.78, 5) is 4.40. The molecule has 3 nitrogen and oxygen atoms in total. The van der Waals surface area contributed by atoms with Crippen molar-refractivity contribution in [3.63, 3.8) is 0 Å². The minimum absolute atomic E-state index is 0.765. The molecule has 0 saturated heterocycles. The molecule has 0 atom stereocenters. The van der Waals surface area contributed by atoms with Gasteiger partial charge in [-0.15, -0.1) is 0 Å². The Balaban J connectivity index is 1.90. The van der Waals surface area contributed by atoms with Gasteiger partial charge in [0, 0.05) is 6.54 Å². The summed E-state index contributed by atoms with van der Waals surface area (Å²) in [5, 5.41) is 3.39. The summed E-state index contributed by atoms with van der Waals surface area (Å²) >= 11 is 0. The summed E-state index contributed by atoms with van der Waals surface area (Å²) in [6.07, 6.45) is 5.50. The van der Waals surface area contributed by atoms with Crippen molar-refractivity contribution in [1.29, 1.82) is 0 Å². The van der Waals surface area contributed by atoms with Crippen LogP contribution in [0.1, 0.15) is 31.4 Å². The first-order valence-electron chi connectivity index (χ1n) is 5.72. The number of nitrogens with one attached hydrogen (secondary N) is 1. The highest BCUT2D eigenvalue weighted by Gasteiger charge is 2.14. The van der Waals surface area contributed by atoms with E-state index in [0.717, 1.165) is 29.7 Å². The summed E-state index contributed by atoms with van der Waals surface area (Å²) in [7, 11) is 0. The van der Waals surface area contributed by atoms with E-state index in [2.05, 4.69) is 10.3 Å². The normalized spacial score (nSPS) is 16.9. The van der Waals surface area contributed by atoms with E-state index in [0.29, 0.717) is 0 Å². The monoisotopic (exact) mass is 205 g/mol. The molecule has 0 spiro atoms. The zero-order chi connectivity index (χ0) is 10.7. The first kappa shape index (κ1) is 10.3. The van der Waals surface area contributed by atoms with Crippen LogP contribution in [0.2, 0.25) is 0 Å². The molecule has 0 radical (unpaired) electrons. The van der Waals surface area contributed by atoms with Gasteiger partial charge in [-0.25, -0.2) is 4.98 Å². The largest absolute Gasteiger partial charge is 0.397 e. The van der Waals surface area contributed by atoms with Crippen LogP contribution in [0.4, 0.5) is 11.5 Å². The molecule has 3 N–H and O–H groups in total. The van der Waals surface area contributed by atoms with Gasteiger partial charge in [-0.05, 0) is 37.8 Å². The Hall–Kier alpha value is -1.25. The van der Waals surface area contributed by atoms with Crippen molar-refractivity contribution in [3.8, 4) is 0 Å². The Morgan fingerprint density at radius 1 is 1.40 bits per heavy atom. The summed E-state index contributed by atoms with van der Waals surface area (Å²) in [6.45, 7) is 2.99. The van der Waals surface area contributed by atoms with Gasteiger partial charge < -0.3 is 11.1 Å². The smallest absolute Gasteiger partial charge is 0.126 e. The fourth-order valence-corrected chi connectivity index (χ4v) is 2.13. The molecule has 1 saturated carbocycles. The third kappa shape index (κ3) is 2.61.